The Kier molecular flexibility index (Phi) is 9.73. The molecule has 3 atom stereocenters. The van der Waals surface area contributed by atoms with Gasteiger partial charge >= 0.3 is 0 Å². The number of rotatable bonds is 11. The Morgan fingerprint density at radius 2 is 1.72 bits per heavy atom. The van der Waals surface area contributed by atoms with Gasteiger partial charge in [0.05, 0.1) is 0 Å². The average molecular weight is 443 g/mol. The highest BCUT2D eigenvalue weighted by molar-refractivity contribution is 5.58. The van der Waals surface area contributed by atoms with Gasteiger partial charge in [0.1, 0.15) is 17.1 Å². The fourth-order valence-corrected chi connectivity index (χ4v) is 5.49. The fraction of sp³-hybridized carbons (Fsp3) is 0.733. The van der Waals surface area contributed by atoms with E-state index >= 15 is 0 Å². The molecule has 0 spiro atoms. The Hall–Kier alpha value is -1.44. The molecule has 1 aromatic rings. The molecular weight excluding hydrogens is 392 g/mol. The number of fused-ring (bicyclic) bond motifs is 1. The number of phenols is 1. The van der Waals surface area contributed by atoms with Gasteiger partial charge in [-0.05, 0) is 108 Å². The van der Waals surface area contributed by atoms with E-state index in [1.807, 2.05) is 13.8 Å². The zero-order valence-corrected chi connectivity index (χ0v) is 22.5. The summed E-state index contributed by atoms with van der Waals surface area (Å²) in [5, 5.41) is 10.4. The lowest BCUT2D eigenvalue weighted by atomic mass is 9.84. The Bertz CT molecular complexity index is 789. The molecule has 3 unspecified atom stereocenters. The summed E-state index contributed by atoms with van der Waals surface area (Å²) in [5.41, 5.74) is 5.64. The van der Waals surface area contributed by atoms with Gasteiger partial charge in [-0.2, -0.15) is 0 Å². The molecule has 32 heavy (non-hydrogen) atoms. The molecule has 1 aliphatic heterocycles. The molecule has 182 valence electrons. The van der Waals surface area contributed by atoms with Crippen LogP contribution in [-0.2, 0) is 6.42 Å². The Balaban J connectivity index is 1.86. The molecule has 0 amide bonds. The van der Waals surface area contributed by atoms with Crippen LogP contribution in [0.5, 0.6) is 11.5 Å². The second-order valence-corrected chi connectivity index (χ2v) is 11.6. The number of aromatic hydroxyl groups is 1. The molecular formula is C30H50O2. The summed E-state index contributed by atoms with van der Waals surface area (Å²) in [6, 6.07) is 0. The standard InChI is InChI=1S/C30H50O2/c1-20(2)12-10-13-21(3)18-23(5)19-22(4)14-11-16-30(9)17-15-27-26(8)28(31)24(6)25(7)29(27)32-30/h14,20-21,23,31H,10-13,15-19H2,1-9H3/b22-14+. The van der Waals surface area contributed by atoms with Crippen molar-refractivity contribution in [3.05, 3.63) is 33.9 Å². The van der Waals surface area contributed by atoms with Crippen LogP contribution in [-0.4, -0.2) is 10.7 Å². The Morgan fingerprint density at radius 1 is 1.03 bits per heavy atom. The van der Waals surface area contributed by atoms with E-state index in [0.717, 1.165) is 65.9 Å². The quantitative estimate of drug-likeness (QED) is 0.346. The monoisotopic (exact) mass is 442 g/mol. The number of allylic oxidation sites excluding steroid dienone is 2. The third-order valence-electron chi connectivity index (χ3n) is 7.71. The average Bonchev–Trinajstić information content (AvgIpc) is 2.70. The van der Waals surface area contributed by atoms with Gasteiger partial charge in [-0.25, -0.2) is 0 Å². The second-order valence-electron chi connectivity index (χ2n) is 11.6. The van der Waals surface area contributed by atoms with Gasteiger partial charge in [0, 0.05) is 5.56 Å². The number of hydrogen-bond donors (Lipinski definition) is 1. The van der Waals surface area contributed by atoms with Gasteiger partial charge in [0.25, 0.3) is 0 Å². The van der Waals surface area contributed by atoms with Crippen LogP contribution in [0.4, 0.5) is 0 Å². The molecule has 0 radical (unpaired) electrons. The van der Waals surface area contributed by atoms with E-state index in [9.17, 15) is 5.11 Å². The molecule has 0 fully saturated rings. The molecule has 0 saturated heterocycles. The molecule has 2 nitrogen and oxygen atoms in total. The van der Waals surface area contributed by atoms with Crippen molar-refractivity contribution < 1.29 is 9.84 Å². The van der Waals surface area contributed by atoms with Crippen molar-refractivity contribution in [3.8, 4) is 11.5 Å². The summed E-state index contributed by atoms with van der Waals surface area (Å²) >= 11 is 0. The molecule has 1 aliphatic rings. The minimum Gasteiger partial charge on any atom is -0.507 e. The Labute approximate surface area is 198 Å². The van der Waals surface area contributed by atoms with E-state index < -0.39 is 0 Å². The lowest BCUT2D eigenvalue weighted by Crippen LogP contribution is -2.37. The topological polar surface area (TPSA) is 29.5 Å². The highest BCUT2D eigenvalue weighted by Crippen LogP contribution is 2.44. The smallest absolute Gasteiger partial charge is 0.127 e. The molecule has 1 N–H and O–H groups in total. The van der Waals surface area contributed by atoms with Crippen molar-refractivity contribution in [1.82, 2.24) is 0 Å². The maximum absolute atomic E-state index is 10.4. The van der Waals surface area contributed by atoms with Crippen LogP contribution in [0.1, 0.15) is 115 Å². The van der Waals surface area contributed by atoms with Gasteiger partial charge in [0.2, 0.25) is 0 Å². The fourth-order valence-electron chi connectivity index (χ4n) is 5.49. The summed E-state index contributed by atoms with van der Waals surface area (Å²) in [5.74, 6) is 3.89. The lowest BCUT2D eigenvalue weighted by Gasteiger charge is -2.38. The highest BCUT2D eigenvalue weighted by Gasteiger charge is 2.34. The summed E-state index contributed by atoms with van der Waals surface area (Å²) in [6.07, 6.45) is 13.2. The van der Waals surface area contributed by atoms with Crippen LogP contribution in [0.3, 0.4) is 0 Å². The zero-order valence-electron chi connectivity index (χ0n) is 22.5. The van der Waals surface area contributed by atoms with E-state index in [4.69, 9.17) is 4.74 Å². The maximum Gasteiger partial charge on any atom is 0.127 e. The van der Waals surface area contributed by atoms with Crippen LogP contribution in [0, 0.1) is 38.5 Å². The van der Waals surface area contributed by atoms with E-state index in [-0.39, 0.29) is 5.60 Å². The van der Waals surface area contributed by atoms with Gasteiger partial charge in [-0.15, -0.1) is 0 Å². The largest absolute Gasteiger partial charge is 0.507 e. The number of hydrogen-bond acceptors (Lipinski definition) is 2. The normalized spacial score (nSPS) is 20.8. The van der Waals surface area contributed by atoms with Crippen LogP contribution in [0.2, 0.25) is 0 Å². The molecule has 1 heterocycles. The van der Waals surface area contributed by atoms with Crippen LogP contribution >= 0.6 is 0 Å². The zero-order chi connectivity index (χ0) is 24.1. The molecule has 1 aromatic carbocycles. The van der Waals surface area contributed by atoms with Crippen molar-refractivity contribution in [2.45, 2.75) is 126 Å². The third kappa shape index (κ3) is 7.29. The molecule has 0 aromatic heterocycles. The SMILES string of the molecule is C/C(=C\CCC1(C)CCc2c(C)c(O)c(C)c(C)c2O1)CC(C)CC(C)CCCC(C)C. The van der Waals surface area contributed by atoms with Crippen molar-refractivity contribution >= 4 is 0 Å². The van der Waals surface area contributed by atoms with Gasteiger partial charge in [0.15, 0.2) is 0 Å². The van der Waals surface area contributed by atoms with Crippen molar-refractivity contribution in [2.24, 2.45) is 17.8 Å². The highest BCUT2D eigenvalue weighted by atomic mass is 16.5. The van der Waals surface area contributed by atoms with Crippen LogP contribution in [0.15, 0.2) is 11.6 Å². The molecule has 0 aliphatic carbocycles. The van der Waals surface area contributed by atoms with E-state index in [1.54, 1.807) is 0 Å². The minimum atomic E-state index is -0.124. The number of benzene rings is 1. The van der Waals surface area contributed by atoms with Crippen molar-refractivity contribution in [1.29, 1.82) is 0 Å². The summed E-state index contributed by atoms with van der Waals surface area (Å²) in [7, 11) is 0. The van der Waals surface area contributed by atoms with Crippen LogP contribution < -0.4 is 4.74 Å². The van der Waals surface area contributed by atoms with E-state index in [0.29, 0.717) is 5.75 Å². The molecule has 0 bridgehead atoms. The maximum atomic E-state index is 10.4. The second kappa shape index (κ2) is 11.6. The summed E-state index contributed by atoms with van der Waals surface area (Å²) < 4.78 is 6.60. The number of ether oxygens (including phenoxy) is 1. The molecule has 2 rings (SSSR count). The van der Waals surface area contributed by atoms with Gasteiger partial charge in [-0.1, -0.05) is 58.6 Å². The van der Waals surface area contributed by atoms with Crippen molar-refractivity contribution in [3.63, 3.8) is 0 Å². The van der Waals surface area contributed by atoms with E-state index in [2.05, 4.69) is 54.5 Å². The lowest BCUT2D eigenvalue weighted by molar-refractivity contribution is 0.0558. The predicted molar refractivity (Wildman–Crippen MR) is 139 cm³/mol. The minimum absolute atomic E-state index is 0.124. The molecule has 0 saturated carbocycles. The Morgan fingerprint density at radius 3 is 2.38 bits per heavy atom. The first-order valence-electron chi connectivity index (χ1n) is 13.1. The predicted octanol–water partition coefficient (Wildman–Crippen LogP) is 9.01. The van der Waals surface area contributed by atoms with Gasteiger partial charge < -0.3 is 9.84 Å². The number of phenolic OH excluding ortho intramolecular Hbond substituents is 1. The first-order valence-corrected chi connectivity index (χ1v) is 13.1. The third-order valence-corrected chi connectivity index (χ3v) is 7.71. The van der Waals surface area contributed by atoms with Crippen LogP contribution in [0.25, 0.3) is 0 Å². The first-order chi connectivity index (χ1) is 14.9. The first kappa shape index (κ1) is 26.8. The van der Waals surface area contributed by atoms with Crippen molar-refractivity contribution in [2.75, 3.05) is 0 Å². The summed E-state index contributed by atoms with van der Waals surface area (Å²) in [6.45, 7) is 20.2. The van der Waals surface area contributed by atoms with E-state index in [1.165, 1.54) is 43.2 Å². The molecule has 2 heteroatoms. The summed E-state index contributed by atoms with van der Waals surface area (Å²) in [4.78, 5) is 0. The van der Waals surface area contributed by atoms with Gasteiger partial charge in [-0.3, -0.25) is 0 Å².